The van der Waals surface area contributed by atoms with Crippen LogP contribution in [0.1, 0.15) is 51.8 Å². The molecule has 0 atom stereocenters. The van der Waals surface area contributed by atoms with Gasteiger partial charge in [0.1, 0.15) is 5.82 Å². The Morgan fingerprint density at radius 2 is 1.78 bits per heavy atom. The molecular weight excluding hydrogens is 220 g/mol. The van der Waals surface area contributed by atoms with Gasteiger partial charge in [0.05, 0.1) is 11.0 Å². The molecular formula is C16H24N2. The van der Waals surface area contributed by atoms with E-state index in [0.717, 1.165) is 18.5 Å². The number of nitrogens with zero attached hydrogens (tertiary/aromatic N) is 2. The third-order valence-corrected chi connectivity index (χ3v) is 3.54. The molecule has 0 fully saturated rings. The summed E-state index contributed by atoms with van der Waals surface area (Å²) in [5.41, 5.74) is 2.44. The second-order valence-electron chi connectivity index (χ2n) is 4.94. The summed E-state index contributed by atoms with van der Waals surface area (Å²) in [6.45, 7) is 5.57. The Labute approximate surface area is 110 Å². The summed E-state index contributed by atoms with van der Waals surface area (Å²) < 4.78 is 2.40. The van der Waals surface area contributed by atoms with Crippen LogP contribution in [-0.2, 0) is 13.0 Å². The van der Waals surface area contributed by atoms with Gasteiger partial charge in [-0.25, -0.2) is 4.98 Å². The van der Waals surface area contributed by atoms with Gasteiger partial charge in [0.25, 0.3) is 0 Å². The molecule has 0 amide bonds. The van der Waals surface area contributed by atoms with Crippen LogP contribution in [0, 0.1) is 0 Å². The van der Waals surface area contributed by atoms with E-state index in [1.165, 1.54) is 43.4 Å². The Balaban J connectivity index is 2.06. The van der Waals surface area contributed by atoms with E-state index in [9.17, 15) is 0 Å². The first-order valence-electron chi connectivity index (χ1n) is 7.31. The van der Waals surface area contributed by atoms with E-state index in [2.05, 4.69) is 42.7 Å². The SMILES string of the molecule is CCCCCCCn1c(CC)nc2ccccc21. The Kier molecular flexibility index (Phi) is 4.80. The van der Waals surface area contributed by atoms with Crippen molar-refractivity contribution in [1.82, 2.24) is 9.55 Å². The van der Waals surface area contributed by atoms with Crippen molar-refractivity contribution in [2.24, 2.45) is 0 Å². The first-order chi connectivity index (χ1) is 8.86. The molecule has 0 saturated carbocycles. The second-order valence-corrected chi connectivity index (χ2v) is 4.94. The smallest absolute Gasteiger partial charge is 0.109 e. The normalized spacial score (nSPS) is 11.2. The highest BCUT2D eigenvalue weighted by Crippen LogP contribution is 2.17. The van der Waals surface area contributed by atoms with E-state index in [4.69, 9.17) is 4.98 Å². The van der Waals surface area contributed by atoms with Crippen LogP contribution >= 0.6 is 0 Å². The highest BCUT2D eigenvalue weighted by atomic mass is 15.1. The van der Waals surface area contributed by atoms with Gasteiger partial charge in [-0.2, -0.15) is 0 Å². The molecule has 18 heavy (non-hydrogen) atoms. The van der Waals surface area contributed by atoms with Gasteiger partial charge in [-0.05, 0) is 18.6 Å². The average Bonchev–Trinajstić information content (AvgIpc) is 2.77. The number of imidazole rings is 1. The quantitative estimate of drug-likeness (QED) is 0.652. The Hall–Kier alpha value is -1.31. The highest BCUT2D eigenvalue weighted by molar-refractivity contribution is 5.75. The van der Waals surface area contributed by atoms with Crippen molar-refractivity contribution >= 4 is 11.0 Å². The van der Waals surface area contributed by atoms with Gasteiger partial charge in [-0.3, -0.25) is 0 Å². The van der Waals surface area contributed by atoms with E-state index in [0.29, 0.717) is 0 Å². The van der Waals surface area contributed by atoms with Crippen molar-refractivity contribution in [3.63, 3.8) is 0 Å². The zero-order valence-corrected chi connectivity index (χ0v) is 11.7. The molecule has 2 rings (SSSR count). The molecule has 1 aromatic carbocycles. The lowest BCUT2D eigenvalue weighted by molar-refractivity contribution is 0.563. The lowest BCUT2D eigenvalue weighted by atomic mass is 10.1. The van der Waals surface area contributed by atoms with Crippen molar-refractivity contribution in [3.8, 4) is 0 Å². The predicted molar refractivity (Wildman–Crippen MR) is 77.9 cm³/mol. The van der Waals surface area contributed by atoms with Crippen LogP contribution in [0.5, 0.6) is 0 Å². The minimum Gasteiger partial charge on any atom is -0.328 e. The second kappa shape index (κ2) is 6.58. The molecule has 0 N–H and O–H groups in total. The molecule has 0 spiro atoms. The van der Waals surface area contributed by atoms with E-state index < -0.39 is 0 Å². The summed E-state index contributed by atoms with van der Waals surface area (Å²) >= 11 is 0. The summed E-state index contributed by atoms with van der Waals surface area (Å²) in [5.74, 6) is 1.23. The standard InChI is InChI=1S/C16H24N2/c1-3-5-6-7-10-13-18-15-12-9-8-11-14(15)17-16(18)4-2/h8-9,11-12H,3-7,10,13H2,1-2H3. The van der Waals surface area contributed by atoms with E-state index in [1.54, 1.807) is 0 Å². The zero-order chi connectivity index (χ0) is 12.8. The fraction of sp³-hybridized carbons (Fsp3) is 0.562. The summed E-state index contributed by atoms with van der Waals surface area (Å²) in [7, 11) is 0. The van der Waals surface area contributed by atoms with Crippen molar-refractivity contribution in [3.05, 3.63) is 30.1 Å². The van der Waals surface area contributed by atoms with Crippen LogP contribution in [-0.4, -0.2) is 9.55 Å². The number of aromatic nitrogens is 2. The monoisotopic (exact) mass is 244 g/mol. The topological polar surface area (TPSA) is 17.8 Å². The predicted octanol–water partition coefficient (Wildman–Crippen LogP) is 4.57. The molecule has 0 aliphatic heterocycles. The maximum absolute atomic E-state index is 4.71. The van der Waals surface area contributed by atoms with Crippen LogP contribution in [0.4, 0.5) is 0 Å². The Morgan fingerprint density at radius 1 is 1.00 bits per heavy atom. The number of fused-ring (bicyclic) bond motifs is 1. The van der Waals surface area contributed by atoms with Crippen molar-refractivity contribution in [2.45, 2.75) is 58.9 Å². The summed E-state index contributed by atoms with van der Waals surface area (Å²) in [6.07, 6.45) is 7.67. The summed E-state index contributed by atoms with van der Waals surface area (Å²) in [5, 5.41) is 0. The third-order valence-electron chi connectivity index (χ3n) is 3.54. The van der Waals surface area contributed by atoms with Crippen LogP contribution in [0.25, 0.3) is 11.0 Å². The molecule has 2 heteroatoms. The number of unbranched alkanes of at least 4 members (excludes halogenated alkanes) is 4. The number of benzene rings is 1. The largest absolute Gasteiger partial charge is 0.328 e. The van der Waals surface area contributed by atoms with Crippen LogP contribution in [0.2, 0.25) is 0 Å². The Morgan fingerprint density at radius 3 is 2.56 bits per heavy atom. The molecule has 0 unspecified atom stereocenters. The fourth-order valence-electron chi connectivity index (χ4n) is 2.52. The number of hydrogen-bond acceptors (Lipinski definition) is 1. The van der Waals surface area contributed by atoms with E-state index in [1.807, 2.05) is 0 Å². The zero-order valence-electron chi connectivity index (χ0n) is 11.7. The molecule has 0 bridgehead atoms. The van der Waals surface area contributed by atoms with Crippen LogP contribution < -0.4 is 0 Å². The molecule has 2 aromatic rings. The summed E-state index contributed by atoms with van der Waals surface area (Å²) in [4.78, 5) is 4.71. The molecule has 2 nitrogen and oxygen atoms in total. The van der Waals surface area contributed by atoms with Gasteiger partial charge >= 0.3 is 0 Å². The van der Waals surface area contributed by atoms with Gasteiger partial charge in [-0.15, -0.1) is 0 Å². The highest BCUT2D eigenvalue weighted by Gasteiger charge is 2.07. The first kappa shape index (κ1) is 13.1. The number of para-hydroxylation sites is 2. The van der Waals surface area contributed by atoms with Crippen molar-refractivity contribution in [1.29, 1.82) is 0 Å². The third kappa shape index (κ3) is 2.92. The number of rotatable bonds is 7. The maximum Gasteiger partial charge on any atom is 0.109 e. The first-order valence-corrected chi connectivity index (χ1v) is 7.31. The van der Waals surface area contributed by atoms with Gasteiger partial charge in [0.2, 0.25) is 0 Å². The van der Waals surface area contributed by atoms with Gasteiger partial charge in [-0.1, -0.05) is 51.7 Å². The Bertz CT molecular complexity index is 485. The molecule has 0 aliphatic rings. The van der Waals surface area contributed by atoms with Crippen molar-refractivity contribution in [2.75, 3.05) is 0 Å². The van der Waals surface area contributed by atoms with Gasteiger partial charge in [0, 0.05) is 13.0 Å². The van der Waals surface area contributed by atoms with E-state index >= 15 is 0 Å². The lowest BCUT2D eigenvalue weighted by Crippen LogP contribution is -2.03. The van der Waals surface area contributed by atoms with E-state index in [-0.39, 0.29) is 0 Å². The average molecular weight is 244 g/mol. The van der Waals surface area contributed by atoms with Crippen molar-refractivity contribution < 1.29 is 0 Å². The molecule has 98 valence electrons. The molecule has 1 aromatic heterocycles. The van der Waals surface area contributed by atoms with Gasteiger partial charge < -0.3 is 4.57 Å². The molecule has 1 heterocycles. The molecule has 0 radical (unpaired) electrons. The molecule has 0 saturated heterocycles. The fourth-order valence-corrected chi connectivity index (χ4v) is 2.52. The number of aryl methyl sites for hydroxylation is 2. The minimum absolute atomic E-state index is 1.02. The molecule has 0 aliphatic carbocycles. The minimum atomic E-state index is 1.02. The lowest BCUT2D eigenvalue weighted by Gasteiger charge is -2.07. The van der Waals surface area contributed by atoms with Crippen LogP contribution in [0.3, 0.4) is 0 Å². The van der Waals surface area contributed by atoms with Crippen LogP contribution in [0.15, 0.2) is 24.3 Å². The number of hydrogen-bond donors (Lipinski definition) is 0. The summed E-state index contributed by atoms with van der Waals surface area (Å²) in [6, 6.07) is 8.48. The maximum atomic E-state index is 4.71. The van der Waals surface area contributed by atoms with Gasteiger partial charge in [0.15, 0.2) is 0 Å².